The van der Waals surface area contributed by atoms with Crippen molar-refractivity contribution in [3.63, 3.8) is 0 Å². The molecule has 1 unspecified atom stereocenters. The molecule has 2 rings (SSSR count). The number of nitrogens with zero attached hydrogens (tertiary/aromatic N) is 1. The Morgan fingerprint density at radius 2 is 2.38 bits per heavy atom. The lowest BCUT2D eigenvalue weighted by molar-refractivity contribution is 0.155. The number of rotatable bonds is 3. The van der Waals surface area contributed by atoms with Gasteiger partial charge in [0.1, 0.15) is 6.10 Å². The smallest absolute Gasteiger partial charge is 0.197 e. The van der Waals surface area contributed by atoms with Crippen molar-refractivity contribution in [1.82, 2.24) is 4.98 Å². The lowest BCUT2D eigenvalue weighted by atomic mass is 10.2. The van der Waals surface area contributed by atoms with Gasteiger partial charge in [0.05, 0.1) is 5.69 Å². The Bertz CT molecular complexity index is 305. The Labute approximate surface area is 76.8 Å². The van der Waals surface area contributed by atoms with Gasteiger partial charge in [0.25, 0.3) is 0 Å². The summed E-state index contributed by atoms with van der Waals surface area (Å²) in [6.07, 6.45) is 1.59. The maximum atomic E-state index is 9.47. The van der Waals surface area contributed by atoms with Gasteiger partial charge in [-0.3, -0.25) is 0 Å². The molecule has 0 spiro atoms. The van der Waals surface area contributed by atoms with Crippen molar-refractivity contribution >= 4 is 0 Å². The van der Waals surface area contributed by atoms with Gasteiger partial charge in [-0.1, -0.05) is 0 Å². The van der Waals surface area contributed by atoms with Crippen LogP contribution in [0.2, 0.25) is 0 Å². The lowest BCUT2D eigenvalue weighted by Gasteiger charge is -2.02. The molecule has 1 heterocycles. The van der Waals surface area contributed by atoms with Crippen LogP contribution in [0.15, 0.2) is 4.42 Å². The van der Waals surface area contributed by atoms with Crippen LogP contribution >= 0.6 is 0 Å². The molecular formula is C9H14N2O2. The van der Waals surface area contributed by atoms with Gasteiger partial charge in [-0.2, -0.15) is 0 Å². The molecular weight excluding hydrogens is 168 g/mol. The van der Waals surface area contributed by atoms with Crippen LogP contribution in [0.1, 0.15) is 42.2 Å². The second-order valence-corrected chi connectivity index (χ2v) is 3.53. The molecule has 1 saturated carbocycles. The molecule has 1 aliphatic carbocycles. The van der Waals surface area contributed by atoms with Crippen molar-refractivity contribution < 1.29 is 9.52 Å². The highest BCUT2D eigenvalue weighted by Gasteiger charge is 2.30. The highest BCUT2D eigenvalue weighted by molar-refractivity contribution is 5.14. The number of hydrogen-bond donors (Lipinski definition) is 2. The molecule has 0 aromatic carbocycles. The average molecular weight is 182 g/mol. The van der Waals surface area contributed by atoms with E-state index in [4.69, 9.17) is 10.2 Å². The van der Waals surface area contributed by atoms with Crippen LogP contribution in [0, 0.1) is 6.92 Å². The summed E-state index contributed by atoms with van der Waals surface area (Å²) in [6, 6.07) is 0. The molecule has 1 aromatic heterocycles. The summed E-state index contributed by atoms with van der Waals surface area (Å²) in [5.74, 6) is 1.78. The SMILES string of the molecule is Cc1nc(C2CC2)oc1C(O)CN. The molecule has 0 aliphatic heterocycles. The first kappa shape index (κ1) is 8.72. The first-order chi connectivity index (χ1) is 6.22. The Balaban J connectivity index is 2.24. The van der Waals surface area contributed by atoms with Gasteiger partial charge in [-0.25, -0.2) is 4.98 Å². The highest BCUT2D eigenvalue weighted by Crippen LogP contribution is 2.40. The molecule has 0 bridgehead atoms. The second-order valence-electron chi connectivity index (χ2n) is 3.53. The number of aliphatic hydroxyl groups excluding tert-OH is 1. The average Bonchev–Trinajstić information content (AvgIpc) is 2.89. The van der Waals surface area contributed by atoms with Crippen LogP contribution in [0.5, 0.6) is 0 Å². The summed E-state index contributed by atoms with van der Waals surface area (Å²) < 4.78 is 5.45. The van der Waals surface area contributed by atoms with Crippen LogP contribution in [-0.4, -0.2) is 16.6 Å². The van der Waals surface area contributed by atoms with Gasteiger partial charge >= 0.3 is 0 Å². The van der Waals surface area contributed by atoms with Gasteiger partial charge in [0.15, 0.2) is 11.7 Å². The molecule has 1 aromatic rings. The van der Waals surface area contributed by atoms with E-state index in [1.807, 2.05) is 6.92 Å². The molecule has 72 valence electrons. The van der Waals surface area contributed by atoms with E-state index in [0.717, 1.165) is 24.4 Å². The highest BCUT2D eigenvalue weighted by atomic mass is 16.4. The standard InChI is InChI=1S/C9H14N2O2/c1-5-8(7(12)4-10)13-9(11-5)6-2-3-6/h6-7,12H,2-4,10H2,1H3. The zero-order valence-electron chi connectivity index (χ0n) is 7.66. The number of aromatic nitrogens is 1. The third-order valence-corrected chi connectivity index (χ3v) is 2.30. The van der Waals surface area contributed by atoms with Crippen molar-refractivity contribution in [3.05, 3.63) is 17.3 Å². The van der Waals surface area contributed by atoms with E-state index in [0.29, 0.717) is 11.7 Å². The number of aliphatic hydroxyl groups is 1. The van der Waals surface area contributed by atoms with Gasteiger partial charge in [0, 0.05) is 12.5 Å². The van der Waals surface area contributed by atoms with E-state index in [9.17, 15) is 5.11 Å². The summed E-state index contributed by atoms with van der Waals surface area (Å²) in [5, 5.41) is 9.47. The molecule has 4 heteroatoms. The van der Waals surface area contributed by atoms with E-state index >= 15 is 0 Å². The van der Waals surface area contributed by atoms with Gasteiger partial charge in [0.2, 0.25) is 0 Å². The largest absolute Gasteiger partial charge is 0.442 e. The lowest BCUT2D eigenvalue weighted by Crippen LogP contribution is -2.11. The summed E-state index contributed by atoms with van der Waals surface area (Å²) in [6.45, 7) is 2.02. The molecule has 0 radical (unpaired) electrons. The van der Waals surface area contributed by atoms with Crippen LogP contribution in [-0.2, 0) is 0 Å². The first-order valence-electron chi connectivity index (χ1n) is 4.57. The van der Waals surface area contributed by atoms with Crippen molar-refractivity contribution in [1.29, 1.82) is 0 Å². The van der Waals surface area contributed by atoms with E-state index < -0.39 is 6.10 Å². The molecule has 4 nitrogen and oxygen atoms in total. The quantitative estimate of drug-likeness (QED) is 0.727. The molecule has 13 heavy (non-hydrogen) atoms. The minimum absolute atomic E-state index is 0.181. The van der Waals surface area contributed by atoms with E-state index in [1.54, 1.807) is 0 Å². The predicted molar refractivity (Wildman–Crippen MR) is 47.2 cm³/mol. The monoisotopic (exact) mass is 182 g/mol. The van der Waals surface area contributed by atoms with Gasteiger partial charge in [-0.15, -0.1) is 0 Å². The summed E-state index contributed by atoms with van der Waals surface area (Å²) in [7, 11) is 0. The molecule has 1 aliphatic rings. The maximum absolute atomic E-state index is 9.47. The Kier molecular flexibility index (Phi) is 2.09. The minimum atomic E-state index is -0.708. The van der Waals surface area contributed by atoms with Crippen LogP contribution in [0.4, 0.5) is 0 Å². The van der Waals surface area contributed by atoms with Crippen LogP contribution < -0.4 is 5.73 Å². The zero-order chi connectivity index (χ0) is 9.42. The third kappa shape index (κ3) is 1.59. The first-order valence-corrected chi connectivity index (χ1v) is 4.57. The number of nitrogens with two attached hydrogens (primary N) is 1. The Morgan fingerprint density at radius 1 is 1.69 bits per heavy atom. The minimum Gasteiger partial charge on any atom is -0.442 e. The van der Waals surface area contributed by atoms with Gasteiger partial charge in [-0.05, 0) is 19.8 Å². The molecule has 3 N–H and O–H groups in total. The van der Waals surface area contributed by atoms with Gasteiger partial charge < -0.3 is 15.3 Å². The maximum Gasteiger partial charge on any atom is 0.197 e. The van der Waals surface area contributed by atoms with Crippen molar-refractivity contribution in [2.24, 2.45) is 5.73 Å². The normalized spacial score (nSPS) is 19.0. The predicted octanol–water partition coefficient (Wildman–Crippen LogP) is 0.853. The van der Waals surface area contributed by atoms with E-state index in [2.05, 4.69) is 4.98 Å². The number of aryl methyl sites for hydroxylation is 1. The van der Waals surface area contributed by atoms with Crippen molar-refractivity contribution in [2.75, 3.05) is 6.54 Å². The fourth-order valence-electron chi connectivity index (χ4n) is 1.35. The third-order valence-electron chi connectivity index (χ3n) is 2.30. The molecule has 1 atom stereocenters. The van der Waals surface area contributed by atoms with Crippen molar-refractivity contribution in [3.8, 4) is 0 Å². The number of oxazole rings is 1. The summed E-state index contributed by atoms with van der Waals surface area (Å²) in [5.41, 5.74) is 6.10. The van der Waals surface area contributed by atoms with Crippen LogP contribution in [0.3, 0.4) is 0 Å². The Hall–Kier alpha value is -0.870. The van der Waals surface area contributed by atoms with E-state index in [-0.39, 0.29) is 6.54 Å². The molecule has 1 fully saturated rings. The van der Waals surface area contributed by atoms with Crippen LogP contribution in [0.25, 0.3) is 0 Å². The number of hydrogen-bond acceptors (Lipinski definition) is 4. The van der Waals surface area contributed by atoms with E-state index in [1.165, 1.54) is 0 Å². The topological polar surface area (TPSA) is 72.3 Å². The Morgan fingerprint density at radius 3 is 2.92 bits per heavy atom. The molecule has 0 amide bonds. The molecule has 0 saturated heterocycles. The van der Waals surface area contributed by atoms with Crippen molar-refractivity contribution in [2.45, 2.75) is 31.8 Å². The summed E-state index contributed by atoms with van der Waals surface area (Å²) in [4.78, 5) is 4.26. The fraction of sp³-hybridized carbons (Fsp3) is 0.667. The zero-order valence-corrected chi connectivity index (χ0v) is 7.66. The summed E-state index contributed by atoms with van der Waals surface area (Å²) >= 11 is 0. The fourth-order valence-corrected chi connectivity index (χ4v) is 1.35. The second kappa shape index (κ2) is 3.12.